The van der Waals surface area contributed by atoms with E-state index in [9.17, 15) is 9.59 Å². The van der Waals surface area contributed by atoms with E-state index in [1.54, 1.807) is 18.4 Å². The van der Waals surface area contributed by atoms with Crippen molar-refractivity contribution in [1.82, 2.24) is 15.1 Å². The number of fused-ring (bicyclic) bond motifs is 1. The van der Waals surface area contributed by atoms with E-state index in [0.29, 0.717) is 19.6 Å². The number of aryl methyl sites for hydroxylation is 1. The molecule has 1 saturated heterocycles. The molecular weight excluding hydrogens is 310 g/mol. The maximum absolute atomic E-state index is 12.8. The highest BCUT2D eigenvalue weighted by Gasteiger charge is 2.25. The second kappa shape index (κ2) is 6.68. The second-order valence-electron chi connectivity index (χ2n) is 5.79. The van der Waals surface area contributed by atoms with Crippen LogP contribution in [0.5, 0.6) is 0 Å². The third kappa shape index (κ3) is 3.23. The largest absolute Gasteiger partial charge is 0.358 e. The molecule has 0 aliphatic carbocycles. The minimum absolute atomic E-state index is 0.0186. The van der Waals surface area contributed by atoms with Crippen molar-refractivity contribution in [1.29, 1.82) is 0 Å². The molecule has 122 valence electrons. The molecule has 0 unspecified atom stereocenters. The minimum atomic E-state index is 0.0186. The van der Waals surface area contributed by atoms with Crippen LogP contribution in [0.15, 0.2) is 24.3 Å². The Balaban J connectivity index is 1.69. The number of carbonyl (C=O) groups excluding carboxylic acids is 2. The number of hydrogen-bond donors (Lipinski definition) is 1. The van der Waals surface area contributed by atoms with Crippen LogP contribution < -0.4 is 5.32 Å². The monoisotopic (exact) mass is 331 g/mol. The lowest BCUT2D eigenvalue weighted by Crippen LogP contribution is -2.50. The number of nitrogens with one attached hydrogen (secondary N) is 1. The molecule has 0 saturated carbocycles. The highest BCUT2D eigenvalue weighted by molar-refractivity contribution is 7.21. The Labute approximate surface area is 139 Å². The van der Waals surface area contributed by atoms with Gasteiger partial charge in [-0.05, 0) is 23.9 Å². The summed E-state index contributed by atoms with van der Waals surface area (Å²) in [6.07, 6.45) is 0. The lowest BCUT2D eigenvalue weighted by molar-refractivity contribution is -0.122. The molecule has 1 aromatic heterocycles. The summed E-state index contributed by atoms with van der Waals surface area (Å²) in [5.41, 5.74) is 1.07. The first-order valence-electron chi connectivity index (χ1n) is 7.80. The van der Waals surface area contributed by atoms with Crippen molar-refractivity contribution in [2.75, 3.05) is 39.8 Å². The van der Waals surface area contributed by atoms with Crippen molar-refractivity contribution >= 4 is 33.2 Å². The van der Waals surface area contributed by atoms with Crippen molar-refractivity contribution in [3.05, 3.63) is 34.7 Å². The number of nitrogens with zero attached hydrogens (tertiary/aromatic N) is 2. The van der Waals surface area contributed by atoms with Gasteiger partial charge in [0.1, 0.15) is 0 Å². The Morgan fingerprint density at radius 1 is 1.17 bits per heavy atom. The Morgan fingerprint density at radius 2 is 1.87 bits per heavy atom. The van der Waals surface area contributed by atoms with Crippen molar-refractivity contribution in [3.8, 4) is 0 Å². The van der Waals surface area contributed by atoms with E-state index in [0.717, 1.165) is 28.2 Å². The fourth-order valence-electron chi connectivity index (χ4n) is 2.91. The molecule has 6 heteroatoms. The molecule has 2 amide bonds. The molecule has 1 aliphatic rings. The van der Waals surface area contributed by atoms with E-state index >= 15 is 0 Å². The molecule has 1 fully saturated rings. The van der Waals surface area contributed by atoms with Gasteiger partial charge in [0.05, 0.1) is 11.4 Å². The zero-order valence-corrected chi connectivity index (χ0v) is 14.3. The van der Waals surface area contributed by atoms with E-state index < -0.39 is 0 Å². The predicted molar refractivity (Wildman–Crippen MR) is 93.0 cm³/mol. The lowest BCUT2D eigenvalue weighted by atomic mass is 10.1. The number of hydrogen-bond acceptors (Lipinski definition) is 4. The molecular formula is C17H21N3O2S. The van der Waals surface area contributed by atoms with Gasteiger partial charge in [-0.1, -0.05) is 18.2 Å². The molecule has 5 nitrogen and oxygen atoms in total. The Bertz CT molecular complexity index is 733. The third-order valence-corrected chi connectivity index (χ3v) is 5.60. The molecule has 1 aliphatic heterocycles. The average molecular weight is 331 g/mol. The third-order valence-electron chi connectivity index (χ3n) is 4.34. The zero-order chi connectivity index (χ0) is 16.4. The number of likely N-dealkylation sites (N-methyl/N-ethyl adjacent to an activating group) is 1. The fraction of sp³-hybridized carbons (Fsp3) is 0.412. The van der Waals surface area contributed by atoms with E-state index in [2.05, 4.69) is 22.3 Å². The zero-order valence-electron chi connectivity index (χ0n) is 13.5. The molecule has 0 spiro atoms. The maximum atomic E-state index is 12.8. The first kappa shape index (κ1) is 16.0. The highest BCUT2D eigenvalue weighted by atomic mass is 32.1. The summed E-state index contributed by atoms with van der Waals surface area (Å²) in [5, 5.41) is 3.80. The van der Waals surface area contributed by atoms with E-state index in [4.69, 9.17) is 0 Å². The van der Waals surface area contributed by atoms with Gasteiger partial charge in [-0.3, -0.25) is 14.5 Å². The molecule has 23 heavy (non-hydrogen) atoms. The molecule has 2 aromatic rings. The van der Waals surface area contributed by atoms with Crippen LogP contribution >= 0.6 is 11.3 Å². The van der Waals surface area contributed by atoms with Crippen LogP contribution in [-0.2, 0) is 4.79 Å². The van der Waals surface area contributed by atoms with Gasteiger partial charge in [0, 0.05) is 37.9 Å². The van der Waals surface area contributed by atoms with E-state index in [1.165, 1.54) is 5.39 Å². The Morgan fingerprint density at radius 3 is 2.52 bits per heavy atom. The minimum Gasteiger partial charge on any atom is -0.358 e. The molecule has 0 atom stereocenters. The van der Waals surface area contributed by atoms with Crippen LogP contribution in [0.2, 0.25) is 0 Å². The Hall–Kier alpha value is -1.92. The number of amides is 2. The molecule has 1 N–H and O–H groups in total. The quantitative estimate of drug-likeness (QED) is 0.932. The normalized spacial score (nSPS) is 15.8. The van der Waals surface area contributed by atoms with Crippen molar-refractivity contribution < 1.29 is 9.59 Å². The molecule has 0 bridgehead atoms. The molecule has 1 aromatic carbocycles. The second-order valence-corrected chi connectivity index (χ2v) is 6.85. The molecule has 3 rings (SSSR count). The summed E-state index contributed by atoms with van der Waals surface area (Å²) in [6.45, 7) is 5.24. The standard InChI is InChI=1S/C17H21N3O2S/c1-12-13-5-3-4-6-14(13)23-16(12)17(22)20-9-7-19(8-10-20)11-15(21)18-2/h3-6H,7-11H2,1-2H3,(H,18,21). The summed E-state index contributed by atoms with van der Waals surface area (Å²) >= 11 is 1.57. The van der Waals surface area contributed by atoms with E-state index in [1.807, 2.05) is 24.0 Å². The summed E-state index contributed by atoms with van der Waals surface area (Å²) in [4.78, 5) is 29.1. The summed E-state index contributed by atoms with van der Waals surface area (Å²) in [5.74, 6) is 0.133. The van der Waals surface area contributed by atoms with Crippen LogP contribution in [-0.4, -0.2) is 61.4 Å². The lowest BCUT2D eigenvalue weighted by Gasteiger charge is -2.34. The number of thiophene rings is 1. The van der Waals surface area contributed by atoms with Gasteiger partial charge < -0.3 is 10.2 Å². The molecule has 2 heterocycles. The first-order chi connectivity index (χ1) is 11.1. The van der Waals surface area contributed by atoms with E-state index in [-0.39, 0.29) is 11.8 Å². The molecule has 0 radical (unpaired) electrons. The Kier molecular flexibility index (Phi) is 4.63. The van der Waals surface area contributed by atoms with Crippen molar-refractivity contribution in [2.24, 2.45) is 0 Å². The van der Waals surface area contributed by atoms with Crippen LogP contribution in [0.25, 0.3) is 10.1 Å². The highest BCUT2D eigenvalue weighted by Crippen LogP contribution is 2.31. The van der Waals surface area contributed by atoms with Gasteiger partial charge in [-0.25, -0.2) is 0 Å². The van der Waals surface area contributed by atoms with Gasteiger partial charge in [-0.2, -0.15) is 0 Å². The van der Waals surface area contributed by atoms with Crippen LogP contribution in [0.3, 0.4) is 0 Å². The van der Waals surface area contributed by atoms with Crippen molar-refractivity contribution in [2.45, 2.75) is 6.92 Å². The number of piperazine rings is 1. The topological polar surface area (TPSA) is 52.7 Å². The van der Waals surface area contributed by atoms with Gasteiger partial charge in [-0.15, -0.1) is 11.3 Å². The van der Waals surface area contributed by atoms with Crippen LogP contribution in [0.4, 0.5) is 0 Å². The number of benzene rings is 1. The summed E-state index contributed by atoms with van der Waals surface area (Å²) in [6, 6.07) is 8.14. The van der Waals surface area contributed by atoms with Crippen molar-refractivity contribution in [3.63, 3.8) is 0 Å². The first-order valence-corrected chi connectivity index (χ1v) is 8.62. The van der Waals surface area contributed by atoms with Gasteiger partial charge in [0.15, 0.2) is 0 Å². The predicted octanol–water partition coefficient (Wildman–Crippen LogP) is 1.71. The fourth-order valence-corrected chi connectivity index (χ4v) is 4.09. The van der Waals surface area contributed by atoms with Gasteiger partial charge >= 0.3 is 0 Å². The number of rotatable bonds is 3. The summed E-state index contributed by atoms with van der Waals surface area (Å²) < 4.78 is 1.16. The van der Waals surface area contributed by atoms with Gasteiger partial charge in [0.2, 0.25) is 5.91 Å². The summed E-state index contributed by atoms with van der Waals surface area (Å²) in [7, 11) is 1.65. The SMILES string of the molecule is CNC(=O)CN1CCN(C(=O)c2sc3ccccc3c2C)CC1. The van der Waals surface area contributed by atoms with Gasteiger partial charge in [0.25, 0.3) is 5.91 Å². The smallest absolute Gasteiger partial charge is 0.264 e. The maximum Gasteiger partial charge on any atom is 0.264 e. The van der Waals surface area contributed by atoms with Crippen LogP contribution in [0.1, 0.15) is 15.2 Å². The average Bonchev–Trinajstić information content (AvgIpc) is 2.92. The number of carbonyl (C=O) groups is 2. The van der Waals surface area contributed by atoms with Crippen LogP contribution in [0, 0.1) is 6.92 Å².